The number of hydrogen-bond acceptors (Lipinski definition) is 3. The van der Waals surface area contributed by atoms with Crippen LogP contribution in [0.1, 0.15) is 0 Å². The Morgan fingerprint density at radius 3 is 2.67 bits per heavy atom. The first kappa shape index (κ1) is 15.3. The highest BCUT2D eigenvalue weighted by Gasteiger charge is 2.23. The van der Waals surface area contributed by atoms with Crippen molar-refractivity contribution in [3.05, 3.63) is 29.8 Å². The summed E-state index contributed by atoms with van der Waals surface area (Å²) in [5.41, 5.74) is 0. The monoisotopic (exact) mass is 299 g/mol. The highest BCUT2D eigenvalue weighted by atomic mass is 35.5. The number of ether oxygens (including phenoxy) is 1. The first-order valence-corrected chi connectivity index (χ1v) is 6.94. The topological polar surface area (TPSA) is 55.4 Å². The van der Waals surface area contributed by atoms with Gasteiger partial charge in [-0.2, -0.15) is 0 Å². The summed E-state index contributed by atoms with van der Waals surface area (Å²) in [6, 6.07) is 1.47. The van der Waals surface area contributed by atoms with E-state index in [-0.39, 0.29) is 12.5 Å². The van der Waals surface area contributed by atoms with Crippen molar-refractivity contribution in [3.8, 4) is 0 Å². The smallest absolute Gasteiger partial charge is 0.243 e. The van der Waals surface area contributed by atoms with Gasteiger partial charge in [-0.1, -0.05) is 0 Å². The zero-order valence-electron chi connectivity index (χ0n) is 9.49. The summed E-state index contributed by atoms with van der Waals surface area (Å²) in [6.07, 6.45) is 0. The standard InChI is InChI=1S/C10H12ClF2NO3S/c1-17-6-8(5-11)14-18(15,16)10-4-7(12)2-3-9(10)13/h2-4,8,14H,5-6H2,1H3. The van der Waals surface area contributed by atoms with Gasteiger partial charge in [0.2, 0.25) is 10.0 Å². The van der Waals surface area contributed by atoms with Gasteiger partial charge in [-0.15, -0.1) is 11.6 Å². The summed E-state index contributed by atoms with van der Waals surface area (Å²) in [5.74, 6) is -1.93. The molecule has 0 saturated heterocycles. The van der Waals surface area contributed by atoms with Crippen LogP contribution in [0.4, 0.5) is 8.78 Å². The number of benzene rings is 1. The normalized spacial score (nSPS) is 13.6. The fourth-order valence-corrected chi connectivity index (χ4v) is 2.84. The average molecular weight is 300 g/mol. The third kappa shape index (κ3) is 3.88. The summed E-state index contributed by atoms with van der Waals surface area (Å²) >= 11 is 5.54. The predicted octanol–water partition coefficient (Wildman–Crippen LogP) is 1.50. The molecule has 0 saturated carbocycles. The number of nitrogens with one attached hydrogen (secondary N) is 1. The van der Waals surface area contributed by atoms with Gasteiger partial charge >= 0.3 is 0 Å². The molecule has 1 rings (SSSR count). The van der Waals surface area contributed by atoms with Crippen LogP contribution in [0.15, 0.2) is 23.1 Å². The lowest BCUT2D eigenvalue weighted by Crippen LogP contribution is -2.39. The van der Waals surface area contributed by atoms with E-state index in [0.717, 1.165) is 12.1 Å². The third-order valence-electron chi connectivity index (χ3n) is 2.06. The lowest BCUT2D eigenvalue weighted by Gasteiger charge is -2.15. The van der Waals surface area contributed by atoms with Crippen LogP contribution in [-0.2, 0) is 14.8 Å². The van der Waals surface area contributed by atoms with E-state index < -0.39 is 32.6 Å². The second-order valence-electron chi connectivity index (χ2n) is 3.50. The molecule has 8 heteroatoms. The van der Waals surface area contributed by atoms with Crippen molar-refractivity contribution in [2.75, 3.05) is 19.6 Å². The Balaban J connectivity index is 3.02. The van der Waals surface area contributed by atoms with Gasteiger partial charge in [0, 0.05) is 13.0 Å². The molecule has 1 aromatic rings. The molecule has 0 bridgehead atoms. The molecule has 4 nitrogen and oxygen atoms in total. The van der Waals surface area contributed by atoms with E-state index in [1.807, 2.05) is 0 Å². The molecule has 0 fully saturated rings. The average Bonchev–Trinajstić information content (AvgIpc) is 2.31. The number of alkyl halides is 1. The summed E-state index contributed by atoms with van der Waals surface area (Å²) in [6.45, 7) is 0.0274. The Morgan fingerprint density at radius 2 is 2.11 bits per heavy atom. The fourth-order valence-electron chi connectivity index (χ4n) is 1.28. The second kappa shape index (κ2) is 6.42. The molecule has 0 radical (unpaired) electrons. The Kier molecular flexibility index (Phi) is 5.46. The number of methoxy groups -OCH3 is 1. The number of halogens is 3. The molecule has 1 aromatic carbocycles. The Labute approximate surface area is 109 Å². The molecule has 0 heterocycles. The Hall–Kier alpha value is -0.760. The minimum absolute atomic E-state index is 0.0274. The first-order valence-electron chi connectivity index (χ1n) is 4.93. The molecular formula is C10H12ClF2NO3S. The molecule has 0 amide bonds. The van der Waals surface area contributed by atoms with Crippen LogP contribution in [0, 0.1) is 11.6 Å². The number of rotatable bonds is 6. The highest BCUT2D eigenvalue weighted by molar-refractivity contribution is 7.89. The molecule has 1 atom stereocenters. The van der Waals surface area contributed by atoms with E-state index in [4.69, 9.17) is 16.3 Å². The van der Waals surface area contributed by atoms with Crippen LogP contribution in [-0.4, -0.2) is 34.1 Å². The summed E-state index contributed by atoms with van der Waals surface area (Å²) < 4.78 is 56.8. The number of sulfonamides is 1. The van der Waals surface area contributed by atoms with Crippen LogP contribution < -0.4 is 4.72 Å². The zero-order valence-corrected chi connectivity index (χ0v) is 11.1. The van der Waals surface area contributed by atoms with E-state index in [9.17, 15) is 17.2 Å². The van der Waals surface area contributed by atoms with Crippen molar-refractivity contribution in [2.45, 2.75) is 10.9 Å². The van der Waals surface area contributed by atoms with Crippen LogP contribution in [0.3, 0.4) is 0 Å². The van der Waals surface area contributed by atoms with Gasteiger partial charge in [0.25, 0.3) is 0 Å². The molecule has 18 heavy (non-hydrogen) atoms. The molecule has 0 aliphatic heterocycles. The summed E-state index contributed by atoms with van der Waals surface area (Å²) in [5, 5.41) is 0. The van der Waals surface area contributed by atoms with Gasteiger partial charge in [0.15, 0.2) is 0 Å². The maximum Gasteiger partial charge on any atom is 0.243 e. The van der Waals surface area contributed by atoms with Gasteiger partial charge < -0.3 is 4.74 Å². The SMILES string of the molecule is COCC(CCl)NS(=O)(=O)c1cc(F)ccc1F. The zero-order chi connectivity index (χ0) is 13.8. The van der Waals surface area contributed by atoms with Crippen molar-refractivity contribution in [1.82, 2.24) is 4.72 Å². The number of hydrogen-bond donors (Lipinski definition) is 1. The van der Waals surface area contributed by atoms with Crippen molar-refractivity contribution in [2.24, 2.45) is 0 Å². The highest BCUT2D eigenvalue weighted by Crippen LogP contribution is 2.16. The first-order chi connectivity index (χ1) is 8.40. The van der Waals surface area contributed by atoms with E-state index in [1.165, 1.54) is 7.11 Å². The molecule has 0 aromatic heterocycles. The Morgan fingerprint density at radius 1 is 1.44 bits per heavy atom. The molecular weight excluding hydrogens is 288 g/mol. The van der Waals surface area contributed by atoms with Gasteiger partial charge in [-0.05, 0) is 18.2 Å². The fraction of sp³-hybridized carbons (Fsp3) is 0.400. The van der Waals surface area contributed by atoms with Gasteiger partial charge in [-0.25, -0.2) is 21.9 Å². The third-order valence-corrected chi connectivity index (χ3v) is 3.97. The lowest BCUT2D eigenvalue weighted by molar-refractivity contribution is 0.181. The maximum atomic E-state index is 13.4. The maximum absolute atomic E-state index is 13.4. The van der Waals surface area contributed by atoms with Gasteiger partial charge in [0.05, 0.1) is 12.6 Å². The molecule has 1 N–H and O–H groups in total. The van der Waals surface area contributed by atoms with Gasteiger partial charge in [-0.3, -0.25) is 0 Å². The van der Waals surface area contributed by atoms with Crippen LogP contribution in [0.5, 0.6) is 0 Å². The van der Waals surface area contributed by atoms with E-state index in [2.05, 4.69) is 4.72 Å². The van der Waals surface area contributed by atoms with Crippen molar-refractivity contribution < 1.29 is 21.9 Å². The second-order valence-corrected chi connectivity index (χ2v) is 5.49. The summed E-state index contributed by atoms with van der Waals surface area (Å²) in [4.78, 5) is -0.756. The van der Waals surface area contributed by atoms with Crippen molar-refractivity contribution in [1.29, 1.82) is 0 Å². The van der Waals surface area contributed by atoms with Crippen LogP contribution >= 0.6 is 11.6 Å². The minimum Gasteiger partial charge on any atom is -0.383 e. The van der Waals surface area contributed by atoms with Crippen molar-refractivity contribution >= 4 is 21.6 Å². The van der Waals surface area contributed by atoms with Crippen molar-refractivity contribution in [3.63, 3.8) is 0 Å². The minimum atomic E-state index is -4.18. The Bertz CT molecular complexity index is 510. The molecule has 0 aliphatic rings. The molecule has 0 aliphatic carbocycles. The van der Waals surface area contributed by atoms with E-state index in [1.54, 1.807) is 0 Å². The predicted molar refractivity (Wildman–Crippen MR) is 63.1 cm³/mol. The molecule has 0 spiro atoms. The van der Waals surface area contributed by atoms with Crippen LogP contribution in [0.2, 0.25) is 0 Å². The van der Waals surface area contributed by atoms with Gasteiger partial charge in [0.1, 0.15) is 16.5 Å². The quantitative estimate of drug-likeness (QED) is 0.810. The molecule has 102 valence electrons. The molecule has 1 unspecified atom stereocenters. The van der Waals surface area contributed by atoms with Crippen LogP contribution in [0.25, 0.3) is 0 Å². The summed E-state index contributed by atoms with van der Waals surface area (Å²) in [7, 11) is -2.80. The largest absolute Gasteiger partial charge is 0.383 e. The van der Waals surface area contributed by atoms with E-state index in [0.29, 0.717) is 6.07 Å². The lowest BCUT2D eigenvalue weighted by atomic mass is 10.3. The van der Waals surface area contributed by atoms with E-state index >= 15 is 0 Å².